The number of fused-ring (bicyclic) bond motifs is 1. The molecule has 1 amide bonds. The Morgan fingerprint density at radius 1 is 1.24 bits per heavy atom. The van der Waals surface area contributed by atoms with Crippen molar-refractivity contribution in [2.45, 2.75) is 18.8 Å². The highest BCUT2D eigenvalue weighted by Crippen LogP contribution is 2.26. The van der Waals surface area contributed by atoms with Crippen molar-refractivity contribution in [2.75, 3.05) is 25.1 Å². The number of hydrogen-bond acceptors (Lipinski definition) is 5. The summed E-state index contributed by atoms with van der Waals surface area (Å²) in [4.78, 5) is 18.4. The van der Waals surface area contributed by atoms with Gasteiger partial charge in [-0.15, -0.1) is 0 Å². The van der Waals surface area contributed by atoms with Crippen molar-refractivity contribution < 1.29 is 17.6 Å². The van der Waals surface area contributed by atoms with E-state index in [4.69, 9.17) is 0 Å². The molecule has 1 saturated heterocycles. The van der Waals surface area contributed by atoms with Gasteiger partial charge in [0.25, 0.3) is 0 Å². The molecule has 0 radical (unpaired) electrons. The quantitative estimate of drug-likeness (QED) is 0.652. The minimum Gasteiger partial charge on any atom is -0.341 e. The lowest BCUT2D eigenvalue weighted by molar-refractivity contribution is -0.129. The van der Waals surface area contributed by atoms with Crippen LogP contribution in [-0.2, 0) is 14.6 Å². The molecule has 0 unspecified atom stereocenters. The summed E-state index contributed by atoms with van der Waals surface area (Å²) in [5, 5.41) is 4.57. The maximum absolute atomic E-state index is 13.5. The standard InChI is InChI=1S/C20H21FN4O3S/c1-29(27,28)13-19(26)24-9-3-5-16(11-24)20-22-18-8-7-15(12-25(18)23-20)14-4-2-6-17(21)10-14/h2,4,6-8,10,12,16H,3,5,9,11,13H2,1H3/t16-/m1/s1. The second kappa shape index (κ2) is 7.55. The number of hydrogen-bond donors (Lipinski definition) is 0. The third-order valence-corrected chi connectivity index (χ3v) is 5.80. The SMILES string of the molecule is CS(=O)(=O)CC(=O)N1CCC[C@@H](c2nc3ccc(-c4cccc(F)c4)cn3n2)C1. The molecule has 1 atom stereocenters. The minimum atomic E-state index is -3.36. The van der Waals surface area contributed by atoms with Crippen LogP contribution in [0, 0.1) is 5.82 Å². The summed E-state index contributed by atoms with van der Waals surface area (Å²) in [5.74, 6) is -0.588. The van der Waals surface area contributed by atoms with E-state index in [1.54, 1.807) is 21.7 Å². The van der Waals surface area contributed by atoms with Crippen molar-refractivity contribution in [1.29, 1.82) is 0 Å². The van der Waals surface area contributed by atoms with Gasteiger partial charge in [-0.3, -0.25) is 4.79 Å². The Hall–Kier alpha value is -2.81. The average molecular weight is 416 g/mol. The van der Waals surface area contributed by atoms with Gasteiger partial charge in [0.1, 0.15) is 11.6 Å². The third kappa shape index (κ3) is 4.45. The number of piperidine rings is 1. The molecule has 3 aromatic rings. The van der Waals surface area contributed by atoms with Crippen LogP contribution in [0.5, 0.6) is 0 Å². The Morgan fingerprint density at radius 3 is 2.83 bits per heavy atom. The first-order chi connectivity index (χ1) is 13.8. The van der Waals surface area contributed by atoms with Crippen molar-refractivity contribution in [3.05, 3.63) is 54.2 Å². The lowest BCUT2D eigenvalue weighted by atomic mass is 9.97. The molecule has 152 valence electrons. The van der Waals surface area contributed by atoms with Gasteiger partial charge in [-0.1, -0.05) is 12.1 Å². The van der Waals surface area contributed by atoms with Crippen LogP contribution in [0.2, 0.25) is 0 Å². The summed E-state index contributed by atoms with van der Waals surface area (Å²) in [6.07, 6.45) is 4.46. The van der Waals surface area contributed by atoms with Crippen LogP contribution < -0.4 is 0 Å². The topological polar surface area (TPSA) is 84.6 Å². The van der Waals surface area contributed by atoms with Gasteiger partial charge in [-0.2, -0.15) is 5.10 Å². The number of aromatic nitrogens is 3. The smallest absolute Gasteiger partial charge is 0.237 e. The minimum absolute atomic E-state index is 0.0511. The van der Waals surface area contributed by atoms with E-state index in [1.165, 1.54) is 12.1 Å². The highest BCUT2D eigenvalue weighted by molar-refractivity contribution is 7.91. The fourth-order valence-electron chi connectivity index (χ4n) is 3.64. The zero-order valence-electron chi connectivity index (χ0n) is 16.0. The molecule has 0 saturated carbocycles. The van der Waals surface area contributed by atoms with Crippen molar-refractivity contribution in [1.82, 2.24) is 19.5 Å². The van der Waals surface area contributed by atoms with E-state index in [0.29, 0.717) is 24.6 Å². The van der Waals surface area contributed by atoms with Crippen LogP contribution in [0.25, 0.3) is 16.8 Å². The number of carbonyl (C=O) groups is 1. The zero-order chi connectivity index (χ0) is 20.6. The van der Waals surface area contributed by atoms with Crippen LogP contribution in [0.1, 0.15) is 24.6 Å². The van der Waals surface area contributed by atoms with Gasteiger partial charge in [0.2, 0.25) is 5.91 Å². The van der Waals surface area contributed by atoms with Crippen LogP contribution in [0.15, 0.2) is 42.6 Å². The molecular weight excluding hydrogens is 395 g/mol. The van der Waals surface area contributed by atoms with Gasteiger partial charge in [0.05, 0.1) is 0 Å². The first kappa shape index (κ1) is 19.5. The van der Waals surface area contributed by atoms with E-state index in [1.807, 2.05) is 18.2 Å². The lowest BCUT2D eigenvalue weighted by Crippen LogP contribution is -2.42. The average Bonchev–Trinajstić information content (AvgIpc) is 3.10. The summed E-state index contributed by atoms with van der Waals surface area (Å²) >= 11 is 0. The highest BCUT2D eigenvalue weighted by atomic mass is 32.2. The van der Waals surface area contributed by atoms with Crippen LogP contribution in [-0.4, -0.2) is 58.9 Å². The normalized spacial score (nSPS) is 17.6. The number of nitrogens with zero attached hydrogens (tertiary/aromatic N) is 4. The van der Waals surface area contributed by atoms with E-state index in [-0.39, 0.29) is 17.6 Å². The second-order valence-corrected chi connectivity index (χ2v) is 9.59. The van der Waals surface area contributed by atoms with Crippen molar-refractivity contribution >= 4 is 21.4 Å². The van der Waals surface area contributed by atoms with Gasteiger partial charge in [0, 0.05) is 37.0 Å². The maximum atomic E-state index is 13.5. The number of likely N-dealkylation sites (tertiary alicyclic amines) is 1. The Labute approximate surface area is 168 Å². The van der Waals surface area contributed by atoms with Crippen LogP contribution in [0.3, 0.4) is 0 Å². The number of benzene rings is 1. The second-order valence-electron chi connectivity index (χ2n) is 7.45. The van der Waals surface area contributed by atoms with Crippen molar-refractivity contribution in [2.24, 2.45) is 0 Å². The summed E-state index contributed by atoms with van der Waals surface area (Å²) in [6, 6.07) is 10.0. The molecule has 3 heterocycles. The summed E-state index contributed by atoms with van der Waals surface area (Å²) in [7, 11) is -3.36. The molecule has 1 aliphatic rings. The van der Waals surface area contributed by atoms with E-state index >= 15 is 0 Å². The third-order valence-electron chi connectivity index (χ3n) is 5.03. The molecule has 0 aliphatic carbocycles. The molecular formula is C20H21FN4O3S. The number of carbonyl (C=O) groups excluding carboxylic acids is 1. The van der Waals surface area contributed by atoms with Crippen molar-refractivity contribution in [3.8, 4) is 11.1 Å². The number of rotatable bonds is 4. The predicted molar refractivity (Wildman–Crippen MR) is 107 cm³/mol. The molecule has 29 heavy (non-hydrogen) atoms. The zero-order valence-corrected chi connectivity index (χ0v) is 16.8. The molecule has 1 fully saturated rings. The molecule has 1 aliphatic heterocycles. The van der Waals surface area contributed by atoms with Gasteiger partial charge in [-0.25, -0.2) is 22.3 Å². The first-order valence-corrected chi connectivity index (χ1v) is 11.4. The molecule has 9 heteroatoms. The summed E-state index contributed by atoms with van der Waals surface area (Å²) in [5.41, 5.74) is 2.24. The number of sulfone groups is 1. The molecule has 1 aromatic carbocycles. The number of amides is 1. The Balaban J connectivity index is 1.57. The highest BCUT2D eigenvalue weighted by Gasteiger charge is 2.28. The van der Waals surface area contributed by atoms with E-state index in [0.717, 1.165) is 30.2 Å². The fraction of sp³-hybridized carbons (Fsp3) is 0.350. The number of halogens is 1. The Kier molecular flexibility index (Phi) is 5.08. The van der Waals surface area contributed by atoms with E-state index in [9.17, 15) is 17.6 Å². The first-order valence-electron chi connectivity index (χ1n) is 9.36. The summed E-state index contributed by atoms with van der Waals surface area (Å²) in [6.45, 7) is 0.948. The molecule has 7 nitrogen and oxygen atoms in total. The number of pyridine rings is 1. The molecule has 4 rings (SSSR count). The van der Waals surface area contributed by atoms with Gasteiger partial charge < -0.3 is 4.90 Å². The predicted octanol–water partition coefficient (Wildman–Crippen LogP) is 2.29. The fourth-order valence-corrected chi connectivity index (χ4v) is 4.27. The largest absolute Gasteiger partial charge is 0.341 e. The Morgan fingerprint density at radius 2 is 2.07 bits per heavy atom. The van der Waals surface area contributed by atoms with Crippen LogP contribution in [0.4, 0.5) is 4.39 Å². The van der Waals surface area contributed by atoms with E-state index in [2.05, 4.69) is 10.1 Å². The van der Waals surface area contributed by atoms with Crippen molar-refractivity contribution in [3.63, 3.8) is 0 Å². The van der Waals surface area contributed by atoms with E-state index < -0.39 is 15.6 Å². The van der Waals surface area contributed by atoms with Gasteiger partial charge in [0.15, 0.2) is 21.3 Å². The van der Waals surface area contributed by atoms with Gasteiger partial charge in [-0.05, 0) is 42.7 Å². The Bertz CT molecular complexity index is 1180. The molecule has 0 spiro atoms. The summed E-state index contributed by atoms with van der Waals surface area (Å²) < 4.78 is 38.0. The molecule has 0 bridgehead atoms. The molecule has 2 aromatic heterocycles. The van der Waals surface area contributed by atoms with Gasteiger partial charge >= 0.3 is 0 Å². The van der Waals surface area contributed by atoms with Crippen LogP contribution >= 0.6 is 0 Å². The molecule has 0 N–H and O–H groups in total. The maximum Gasteiger partial charge on any atom is 0.237 e. The monoisotopic (exact) mass is 416 g/mol. The lowest BCUT2D eigenvalue weighted by Gasteiger charge is -2.31.